The van der Waals surface area contributed by atoms with Gasteiger partial charge in [-0.25, -0.2) is 0 Å². The summed E-state index contributed by atoms with van der Waals surface area (Å²) in [4.78, 5) is 24.3. The second-order valence-electron chi connectivity index (χ2n) is 4.86. The fraction of sp³-hybridized carbons (Fsp3) is 0.357. The van der Waals surface area contributed by atoms with Gasteiger partial charge in [0, 0.05) is 32.5 Å². The summed E-state index contributed by atoms with van der Waals surface area (Å²) >= 11 is 0. The van der Waals surface area contributed by atoms with Gasteiger partial charge in [-0.2, -0.15) is 5.26 Å². The van der Waals surface area contributed by atoms with Crippen LogP contribution in [0.3, 0.4) is 0 Å². The molecular weight excluding hydrogens is 228 g/mol. The summed E-state index contributed by atoms with van der Waals surface area (Å²) < 4.78 is 0. The Morgan fingerprint density at radius 1 is 1.28 bits per heavy atom. The lowest BCUT2D eigenvalue weighted by Gasteiger charge is -2.34. The highest BCUT2D eigenvalue weighted by atomic mass is 16.2. The van der Waals surface area contributed by atoms with Crippen LogP contribution in [0.5, 0.6) is 0 Å². The van der Waals surface area contributed by atoms with Gasteiger partial charge in [0.25, 0.3) is 5.91 Å². The largest absolute Gasteiger partial charge is 0.345 e. The quantitative estimate of drug-likeness (QED) is 0.789. The number of Topliss-reactive ketones (excluding diaryl/α,β-unsaturated/α-hetero) is 1. The molecule has 1 saturated carbocycles. The molecule has 0 heterocycles. The van der Waals surface area contributed by atoms with Gasteiger partial charge in [-0.05, 0) is 17.7 Å². The number of hydrogen-bond acceptors (Lipinski definition) is 3. The van der Waals surface area contributed by atoms with Gasteiger partial charge in [-0.15, -0.1) is 0 Å². The molecule has 4 nitrogen and oxygen atoms in total. The molecule has 0 atom stereocenters. The number of carbonyl (C=O) groups is 2. The minimum absolute atomic E-state index is 0.0720. The standard InChI is InChI=1S/C14H14N2O2/c1-16(2)13(18)10-3-5-11(6-4-10)14(9-15)7-12(17)8-14/h3-6H,7-8H2,1-2H3. The second-order valence-corrected chi connectivity index (χ2v) is 4.86. The maximum Gasteiger partial charge on any atom is 0.253 e. The van der Waals surface area contributed by atoms with E-state index in [0.717, 1.165) is 5.56 Å². The lowest BCUT2D eigenvalue weighted by molar-refractivity contribution is -0.126. The van der Waals surface area contributed by atoms with Gasteiger partial charge in [0.05, 0.1) is 11.5 Å². The molecule has 1 aliphatic rings. The first kappa shape index (κ1) is 12.3. The molecule has 0 aliphatic heterocycles. The first-order valence-electron chi connectivity index (χ1n) is 5.74. The molecule has 0 unspecified atom stereocenters. The van der Waals surface area contributed by atoms with Crippen molar-refractivity contribution in [1.29, 1.82) is 5.26 Å². The van der Waals surface area contributed by atoms with Crippen LogP contribution in [0.2, 0.25) is 0 Å². The third-order valence-corrected chi connectivity index (χ3v) is 3.30. The highest BCUT2D eigenvalue weighted by molar-refractivity contribution is 5.94. The van der Waals surface area contributed by atoms with Crippen LogP contribution in [-0.2, 0) is 10.2 Å². The molecular formula is C14H14N2O2. The van der Waals surface area contributed by atoms with Crippen molar-refractivity contribution in [3.8, 4) is 6.07 Å². The second kappa shape index (κ2) is 4.26. The van der Waals surface area contributed by atoms with Crippen molar-refractivity contribution in [2.45, 2.75) is 18.3 Å². The molecule has 0 bridgehead atoms. The van der Waals surface area contributed by atoms with Crippen molar-refractivity contribution in [2.75, 3.05) is 14.1 Å². The van der Waals surface area contributed by atoms with Crippen molar-refractivity contribution in [2.24, 2.45) is 0 Å². The highest BCUT2D eigenvalue weighted by Crippen LogP contribution is 2.40. The predicted octanol–water partition coefficient (Wildman–Crippen LogP) is 1.51. The smallest absolute Gasteiger partial charge is 0.253 e. The van der Waals surface area contributed by atoms with E-state index in [0.29, 0.717) is 5.56 Å². The average Bonchev–Trinajstić information content (AvgIpc) is 2.34. The number of hydrogen-bond donors (Lipinski definition) is 0. The minimum atomic E-state index is -0.670. The van der Waals surface area contributed by atoms with E-state index in [1.165, 1.54) is 4.90 Å². The summed E-state index contributed by atoms with van der Waals surface area (Å²) in [7, 11) is 3.38. The molecule has 2 rings (SSSR count). The summed E-state index contributed by atoms with van der Waals surface area (Å²) in [5, 5.41) is 9.20. The Morgan fingerprint density at radius 2 is 1.83 bits per heavy atom. The number of rotatable bonds is 2. The molecule has 18 heavy (non-hydrogen) atoms. The summed E-state index contributed by atoms with van der Waals surface area (Å²) in [6, 6.07) is 9.17. The zero-order chi connectivity index (χ0) is 13.3. The number of carbonyl (C=O) groups excluding carboxylic acids is 2. The van der Waals surface area contributed by atoms with Crippen LogP contribution in [0.15, 0.2) is 24.3 Å². The average molecular weight is 242 g/mol. The first-order valence-corrected chi connectivity index (χ1v) is 5.74. The minimum Gasteiger partial charge on any atom is -0.345 e. The van der Waals surface area contributed by atoms with Crippen molar-refractivity contribution in [1.82, 2.24) is 4.90 Å². The SMILES string of the molecule is CN(C)C(=O)c1ccc(C2(C#N)CC(=O)C2)cc1. The Labute approximate surface area is 106 Å². The molecule has 1 aliphatic carbocycles. The Hall–Kier alpha value is -2.15. The fourth-order valence-corrected chi connectivity index (χ4v) is 2.16. The summed E-state index contributed by atoms with van der Waals surface area (Å²) in [5.74, 6) is 0.0437. The molecule has 0 saturated heterocycles. The van der Waals surface area contributed by atoms with Crippen molar-refractivity contribution in [3.05, 3.63) is 35.4 Å². The third kappa shape index (κ3) is 1.88. The zero-order valence-electron chi connectivity index (χ0n) is 10.4. The van der Waals surface area contributed by atoms with Gasteiger partial charge in [-0.3, -0.25) is 9.59 Å². The number of benzene rings is 1. The Balaban J connectivity index is 2.26. The number of ketones is 1. The lowest BCUT2D eigenvalue weighted by Crippen LogP contribution is -2.40. The van der Waals surface area contributed by atoms with Gasteiger partial charge in [-0.1, -0.05) is 12.1 Å². The fourth-order valence-electron chi connectivity index (χ4n) is 2.16. The predicted molar refractivity (Wildman–Crippen MR) is 66.0 cm³/mol. The van der Waals surface area contributed by atoms with Crippen molar-refractivity contribution >= 4 is 11.7 Å². The van der Waals surface area contributed by atoms with E-state index in [4.69, 9.17) is 0 Å². The van der Waals surface area contributed by atoms with E-state index in [9.17, 15) is 14.9 Å². The van der Waals surface area contributed by atoms with Gasteiger partial charge in [0.2, 0.25) is 0 Å². The van der Waals surface area contributed by atoms with E-state index in [1.807, 2.05) is 0 Å². The maximum atomic E-state index is 11.7. The summed E-state index contributed by atoms with van der Waals surface area (Å²) in [5.41, 5.74) is 0.735. The van der Waals surface area contributed by atoms with Crippen LogP contribution in [-0.4, -0.2) is 30.7 Å². The molecule has 1 aromatic rings. The van der Waals surface area contributed by atoms with Gasteiger partial charge in [0.1, 0.15) is 5.78 Å². The molecule has 1 fully saturated rings. The third-order valence-electron chi connectivity index (χ3n) is 3.30. The van der Waals surface area contributed by atoms with Crippen LogP contribution in [0.4, 0.5) is 0 Å². The van der Waals surface area contributed by atoms with E-state index >= 15 is 0 Å². The van der Waals surface area contributed by atoms with Crippen LogP contribution >= 0.6 is 0 Å². The van der Waals surface area contributed by atoms with E-state index < -0.39 is 5.41 Å². The molecule has 4 heteroatoms. The van der Waals surface area contributed by atoms with Crippen LogP contribution in [0.25, 0.3) is 0 Å². The number of amides is 1. The van der Waals surface area contributed by atoms with E-state index in [1.54, 1.807) is 38.4 Å². The summed E-state index contributed by atoms with van der Waals surface area (Å²) in [6.07, 6.45) is 0.564. The Morgan fingerprint density at radius 3 is 2.22 bits per heavy atom. The molecule has 0 aromatic heterocycles. The van der Waals surface area contributed by atoms with Gasteiger partial charge in [0.15, 0.2) is 0 Å². The molecule has 1 amide bonds. The van der Waals surface area contributed by atoms with Crippen LogP contribution in [0, 0.1) is 11.3 Å². The topological polar surface area (TPSA) is 61.2 Å². The monoisotopic (exact) mass is 242 g/mol. The molecule has 1 aromatic carbocycles. The van der Waals surface area contributed by atoms with Crippen LogP contribution < -0.4 is 0 Å². The van der Waals surface area contributed by atoms with E-state index in [2.05, 4.69) is 6.07 Å². The number of nitriles is 1. The first-order chi connectivity index (χ1) is 8.48. The molecule has 0 N–H and O–H groups in total. The summed E-state index contributed by atoms with van der Waals surface area (Å²) in [6.45, 7) is 0. The normalized spacial score (nSPS) is 16.6. The van der Waals surface area contributed by atoms with Gasteiger partial charge < -0.3 is 4.90 Å². The zero-order valence-corrected chi connectivity index (χ0v) is 10.4. The Bertz CT molecular complexity index is 530. The molecule has 0 spiro atoms. The maximum absolute atomic E-state index is 11.7. The lowest BCUT2D eigenvalue weighted by atomic mass is 9.64. The molecule has 0 radical (unpaired) electrons. The van der Waals surface area contributed by atoms with Crippen LogP contribution in [0.1, 0.15) is 28.8 Å². The highest BCUT2D eigenvalue weighted by Gasteiger charge is 2.45. The van der Waals surface area contributed by atoms with E-state index in [-0.39, 0.29) is 24.5 Å². The Kier molecular flexibility index (Phi) is 2.92. The van der Waals surface area contributed by atoms with Crippen molar-refractivity contribution in [3.63, 3.8) is 0 Å². The van der Waals surface area contributed by atoms with Gasteiger partial charge >= 0.3 is 0 Å². The number of nitrogens with zero attached hydrogens (tertiary/aromatic N) is 2. The van der Waals surface area contributed by atoms with Crippen molar-refractivity contribution < 1.29 is 9.59 Å². The molecule has 92 valence electrons.